The van der Waals surface area contributed by atoms with Gasteiger partial charge in [0.15, 0.2) is 0 Å². The van der Waals surface area contributed by atoms with Gasteiger partial charge >= 0.3 is 5.97 Å². The molecule has 0 amide bonds. The Balaban J connectivity index is 2.76. The fraction of sp³-hybridized carbons (Fsp3) is 0. The molecule has 0 saturated heterocycles. The number of furan rings is 1. The van der Waals surface area contributed by atoms with Crippen LogP contribution in [0.5, 0.6) is 0 Å². The van der Waals surface area contributed by atoms with Crippen molar-refractivity contribution in [2.24, 2.45) is 0 Å². The fourth-order valence-corrected chi connectivity index (χ4v) is 1.53. The molecule has 0 unspecified atom stereocenters. The molecular formula is C10H4ClNO3. The van der Waals surface area contributed by atoms with Crippen LogP contribution in [0.3, 0.4) is 0 Å². The monoisotopic (exact) mass is 221 g/mol. The smallest absolute Gasteiger partial charge is 0.371 e. The van der Waals surface area contributed by atoms with Gasteiger partial charge in [-0.05, 0) is 12.1 Å². The van der Waals surface area contributed by atoms with Crippen LogP contribution in [0.15, 0.2) is 22.6 Å². The molecule has 4 nitrogen and oxygen atoms in total. The summed E-state index contributed by atoms with van der Waals surface area (Å²) in [5.41, 5.74) is 0.634. The van der Waals surface area contributed by atoms with E-state index < -0.39 is 5.97 Å². The summed E-state index contributed by atoms with van der Waals surface area (Å²) in [6.45, 7) is 0. The Hall–Kier alpha value is -1.99. The lowest BCUT2D eigenvalue weighted by molar-refractivity contribution is 0.0665. The molecule has 0 aliphatic rings. The molecule has 0 radical (unpaired) electrons. The third kappa shape index (κ3) is 1.53. The maximum Gasteiger partial charge on any atom is 0.371 e. The third-order valence-electron chi connectivity index (χ3n) is 1.93. The van der Waals surface area contributed by atoms with Gasteiger partial charge in [-0.3, -0.25) is 0 Å². The molecule has 1 N–H and O–H groups in total. The highest BCUT2D eigenvalue weighted by atomic mass is 35.5. The minimum absolute atomic E-state index is 0.193. The minimum Gasteiger partial charge on any atom is -0.475 e. The predicted octanol–water partition coefficient (Wildman–Crippen LogP) is 2.66. The molecule has 2 aromatic rings. The number of halogens is 1. The molecule has 1 heterocycles. The molecule has 0 fully saturated rings. The summed E-state index contributed by atoms with van der Waals surface area (Å²) in [6, 6.07) is 6.16. The number of carbonyl (C=O) groups is 1. The number of benzene rings is 1. The number of nitrogens with zero attached hydrogens (tertiary/aromatic N) is 1. The van der Waals surface area contributed by atoms with Gasteiger partial charge < -0.3 is 9.52 Å². The van der Waals surface area contributed by atoms with E-state index in [2.05, 4.69) is 0 Å². The van der Waals surface area contributed by atoms with Crippen LogP contribution >= 0.6 is 11.6 Å². The van der Waals surface area contributed by atoms with Gasteiger partial charge in [0.05, 0.1) is 16.7 Å². The minimum atomic E-state index is -1.17. The van der Waals surface area contributed by atoms with Crippen molar-refractivity contribution in [3.8, 4) is 6.07 Å². The van der Waals surface area contributed by atoms with E-state index in [0.29, 0.717) is 21.6 Å². The zero-order chi connectivity index (χ0) is 11.0. The van der Waals surface area contributed by atoms with E-state index in [4.69, 9.17) is 26.4 Å². The van der Waals surface area contributed by atoms with E-state index >= 15 is 0 Å². The normalized spacial score (nSPS) is 10.1. The van der Waals surface area contributed by atoms with Crippen LogP contribution in [0.1, 0.15) is 16.1 Å². The van der Waals surface area contributed by atoms with Crippen LogP contribution in [-0.4, -0.2) is 11.1 Å². The van der Waals surface area contributed by atoms with E-state index in [-0.39, 0.29) is 5.76 Å². The quantitative estimate of drug-likeness (QED) is 0.803. The largest absolute Gasteiger partial charge is 0.475 e. The van der Waals surface area contributed by atoms with Crippen LogP contribution in [0.4, 0.5) is 0 Å². The molecule has 0 spiro atoms. The highest BCUT2D eigenvalue weighted by Gasteiger charge is 2.13. The predicted molar refractivity (Wildman–Crippen MR) is 52.9 cm³/mol. The second-order valence-electron chi connectivity index (χ2n) is 2.90. The summed E-state index contributed by atoms with van der Waals surface area (Å²) in [4.78, 5) is 10.6. The van der Waals surface area contributed by atoms with Crippen LogP contribution < -0.4 is 0 Å². The Labute approximate surface area is 89.3 Å². The van der Waals surface area contributed by atoms with Crippen molar-refractivity contribution in [2.45, 2.75) is 0 Å². The molecule has 1 aromatic carbocycles. The topological polar surface area (TPSA) is 74.2 Å². The lowest BCUT2D eigenvalue weighted by Crippen LogP contribution is -1.91. The second kappa shape index (κ2) is 3.30. The molecule has 1 aromatic heterocycles. The van der Waals surface area contributed by atoms with Crippen LogP contribution in [0.2, 0.25) is 5.02 Å². The van der Waals surface area contributed by atoms with Gasteiger partial charge in [-0.2, -0.15) is 5.26 Å². The van der Waals surface area contributed by atoms with Crippen molar-refractivity contribution < 1.29 is 14.3 Å². The molecule has 0 saturated carbocycles. The Kier molecular flexibility index (Phi) is 2.10. The summed E-state index contributed by atoms with van der Waals surface area (Å²) in [5.74, 6) is -1.36. The maximum atomic E-state index is 10.6. The highest BCUT2D eigenvalue weighted by molar-refractivity contribution is 6.35. The van der Waals surface area contributed by atoms with Gasteiger partial charge in [0.2, 0.25) is 5.76 Å². The SMILES string of the molecule is N#Cc1cc(Cl)c2cc(C(=O)O)oc2c1. The summed E-state index contributed by atoms with van der Waals surface area (Å²) in [5, 5.41) is 18.2. The number of aromatic carboxylic acids is 1. The molecular weight excluding hydrogens is 218 g/mol. The van der Waals surface area contributed by atoms with E-state index in [1.165, 1.54) is 18.2 Å². The van der Waals surface area contributed by atoms with E-state index in [1.54, 1.807) is 0 Å². The summed E-state index contributed by atoms with van der Waals surface area (Å²) in [7, 11) is 0. The van der Waals surface area contributed by atoms with Crippen LogP contribution in [0.25, 0.3) is 11.0 Å². The standard InChI is InChI=1S/C10H4ClNO3/c11-7-1-5(4-12)2-8-6(7)3-9(15-8)10(13)14/h1-3H,(H,13,14). The van der Waals surface area contributed by atoms with E-state index in [1.807, 2.05) is 6.07 Å². The number of fused-ring (bicyclic) bond motifs is 1. The van der Waals surface area contributed by atoms with Gasteiger partial charge in [0.1, 0.15) is 5.58 Å². The molecule has 0 aliphatic carbocycles. The van der Waals surface area contributed by atoms with Crippen molar-refractivity contribution in [3.63, 3.8) is 0 Å². The van der Waals surface area contributed by atoms with Crippen molar-refractivity contribution in [2.75, 3.05) is 0 Å². The molecule has 0 aliphatic heterocycles. The van der Waals surface area contributed by atoms with Gasteiger partial charge in [-0.25, -0.2) is 4.79 Å². The number of rotatable bonds is 1. The van der Waals surface area contributed by atoms with Gasteiger partial charge in [0, 0.05) is 11.5 Å². The maximum absolute atomic E-state index is 10.6. The molecule has 5 heteroatoms. The Morgan fingerprint density at radius 3 is 2.80 bits per heavy atom. The molecule has 15 heavy (non-hydrogen) atoms. The van der Waals surface area contributed by atoms with E-state index in [0.717, 1.165) is 0 Å². The van der Waals surface area contributed by atoms with Crippen molar-refractivity contribution >= 4 is 28.5 Å². The number of hydrogen-bond acceptors (Lipinski definition) is 3. The number of nitriles is 1. The van der Waals surface area contributed by atoms with Crippen molar-refractivity contribution in [1.82, 2.24) is 0 Å². The van der Waals surface area contributed by atoms with Gasteiger partial charge in [-0.15, -0.1) is 0 Å². The zero-order valence-electron chi connectivity index (χ0n) is 7.32. The van der Waals surface area contributed by atoms with Crippen molar-refractivity contribution in [3.05, 3.63) is 34.5 Å². The molecule has 0 atom stereocenters. The lowest BCUT2D eigenvalue weighted by atomic mass is 10.2. The number of carboxylic acid groups (broad SMARTS) is 1. The average molecular weight is 222 g/mol. The molecule has 74 valence electrons. The Bertz CT molecular complexity index is 594. The average Bonchev–Trinajstić information content (AvgIpc) is 2.61. The summed E-state index contributed by atoms with van der Waals surface area (Å²) >= 11 is 5.85. The number of hydrogen-bond donors (Lipinski definition) is 1. The first-order valence-electron chi connectivity index (χ1n) is 3.98. The Morgan fingerprint density at radius 2 is 2.20 bits per heavy atom. The third-order valence-corrected chi connectivity index (χ3v) is 2.24. The lowest BCUT2D eigenvalue weighted by Gasteiger charge is -1.92. The first-order chi connectivity index (χ1) is 7.11. The summed E-state index contributed by atoms with van der Waals surface area (Å²) in [6.07, 6.45) is 0. The first-order valence-corrected chi connectivity index (χ1v) is 4.36. The van der Waals surface area contributed by atoms with E-state index in [9.17, 15) is 4.79 Å². The van der Waals surface area contributed by atoms with Crippen LogP contribution in [-0.2, 0) is 0 Å². The van der Waals surface area contributed by atoms with Gasteiger partial charge in [0.25, 0.3) is 0 Å². The highest BCUT2D eigenvalue weighted by Crippen LogP contribution is 2.28. The fourth-order valence-electron chi connectivity index (χ4n) is 1.27. The second-order valence-corrected chi connectivity index (χ2v) is 3.30. The van der Waals surface area contributed by atoms with Crippen LogP contribution in [0, 0.1) is 11.3 Å². The molecule has 2 rings (SSSR count). The number of carboxylic acids is 1. The summed E-state index contributed by atoms with van der Waals surface area (Å²) < 4.78 is 5.02. The zero-order valence-corrected chi connectivity index (χ0v) is 8.08. The van der Waals surface area contributed by atoms with Gasteiger partial charge in [-0.1, -0.05) is 11.6 Å². The van der Waals surface area contributed by atoms with Crippen molar-refractivity contribution in [1.29, 1.82) is 5.26 Å². The molecule has 0 bridgehead atoms. The first kappa shape index (κ1) is 9.56. The Morgan fingerprint density at radius 1 is 1.47 bits per heavy atom.